The van der Waals surface area contributed by atoms with Gasteiger partial charge in [-0.3, -0.25) is 0 Å². The summed E-state index contributed by atoms with van der Waals surface area (Å²) in [6.45, 7) is 0. The van der Waals surface area contributed by atoms with E-state index in [1.54, 1.807) is 0 Å². The van der Waals surface area contributed by atoms with Crippen molar-refractivity contribution in [1.82, 2.24) is 0 Å². The third kappa shape index (κ3) is 3.90. The third-order valence-corrected chi connectivity index (χ3v) is 6.33. The van der Waals surface area contributed by atoms with Gasteiger partial charge in [0.25, 0.3) is 0 Å². The molecule has 0 radical (unpaired) electrons. The molecule has 0 atom stereocenters. The molecule has 0 aliphatic heterocycles. The molecular weight excluding hydrogens is 590 g/mol. The number of hydrogen-bond donors (Lipinski definition) is 0. The smallest absolute Gasteiger partial charge is 0.206 e. The molecule has 5 rings (SSSR count). The number of benzene rings is 5. The van der Waals surface area contributed by atoms with E-state index in [1.165, 1.54) is 0 Å². The van der Waals surface area contributed by atoms with Gasteiger partial charge in [0.1, 0.15) is 17.2 Å². The highest BCUT2D eigenvalue weighted by molar-refractivity contribution is 6.21. The predicted octanol–water partition coefficient (Wildman–Crippen LogP) is 9.88. The number of halogens is 14. The Morgan fingerprint density at radius 3 is 1.02 bits per heavy atom. The lowest BCUT2D eigenvalue weighted by Crippen LogP contribution is -2.16. The normalized spacial score (nSPS) is 12.1. The van der Waals surface area contributed by atoms with Crippen LogP contribution < -0.4 is 0 Å². The van der Waals surface area contributed by atoms with Crippen LogP contribution in [-0.4, -0.2) is 0 Å². The Hall–Kier alpha value is -4.36. The minimum atomic E-state index is -5.95. The second kappa shape index (κ2) is 9.35. The molecule has 0 unspecified atom stereocenters. The van der Waals surface area contributed by atoms with E-state index in [1.807, 2.05) is 0 Å². The third-order valence-electron chi connectivity index (χ3n) is 6.33. The molecule has 0 aromatic heterocycles. The van der Waals surface area contributed by atoms with Crippen LogP contribution in [0.3, 0.4) is 0 Å². The monoisotopic (exact) mass is 596 g/mol. The van der Waals surface area contributed by atoms with Crippen LogP contribution in [0.4, 0.5) is 61.5 Å². The molecule has 0 heterocycles. The van der Waals surface area contributed by atoms with Crippen LogP contribution in [0.2, 0.25) is 0 Å². The maximum Gasteiger partial charge on any atom is 0.422 e. The van der Waals surface area contributed by atoms with Gasteiger partial charge in [0.15, 0.2) is 46.5 Å². The van der Waals surface area contributed by atoms with Crippen LogP contribution in [0.1, 0.15) is 5.56 Å². The fraction of sp³-hybridized carbons (Fsp3) is 0.0370. The van der Waals surface area contributed by atoms with Gasteiger partial charge in [0, 0.05) is 21.9 Å². The summed E-state index contributed by atoms with van der Waals surface area (Å²) >= 11 is 0. The quantitative estimate of drug-likeness (QED) is 0.0824. The predicted molar refractivity (Wildman–Crippen MR) is 117 cm³/mol. The van der Waals surface area contributed by atoms with Gasteiger partial charge in [0.2, 0.25) is 5.82 Å². The molecule has 0 aliphatic carbocycles. The van der Waals surface area contributed by atoms with Crippen LogP contribution >= 0.6 is 0 Å². The average Bonchev–Trinajstić information content (AvgIpc) is 2.91. The summed E-state index contributed by atoms with van der Waals surface area (Å²) in [6.07, 6.45) is -5.95. The molecular formula is C27H6F14. The van der Waals surface area contributed by atoms with E-state index in [2.05, 4.69) is 0 Å². The lowest BCUT2D eigenvalue weighted by atomic mass is 9.84. The zero-order valence-corrected chi connectivity index (χ0v) is 19.3. The van der Waals surface area contributed by atoms with E-state index in [9.17, 15) is 43.9 Å². The maximum absolute atomic E-state index is 15.3. The average molecular weight is 596 g/mol. The first-order valence-electron chi connectivity index (χ1n) is 10.9. The zero-order chi connectivity index (χ0) is 30.3. The fourth-order valence-electron chi connectivity index (χ4n) is 4.67. The fourth-order valence-corrected chi connectivity index (χ4v) is 4.67. The number of alkyl halides is 3. The summed E-state index contributed by atoms with van der Waals surface area (Å²) in [7, 11) is 0. The van der Waals surface area contributed by atoms with Crippen molar-refractivity contribution in [3.05, 3.63) is 106 Å². The van der Waals surface area contributed by atoms with Gasteiger partial charge in [-0.1, -0.05) is 24.3 Å². The van der Waals surface area contributed by atoms with E-state index in [0.29, 0.717) is 6.07 Å². The molecule has 0 nitrogen and oxygen atoms in total. The SMILES string of the molecule is Fc1c(F)c(F)c(-c2c3ccccc3c(-c3c(F)c(F)c(C(F)(F)F)c(F)c3F)c3c(F)ccc(F)c23)c(F)c1F. The number of hydrogen-bond acceptors (Lipinski definition) is 0. The standard InChI is InChI=1S/C27H6F14/c28-9-5-6-10(29)14-12(16-20(32)24(36)26(38)25(37)21(16)33)8-4-2-1-3-7(8)11(13(9)14)15-18(30)22(34)17(27(39,40)41)23(35)19(15)31/h1-6H. The van der Waals surface area contributed by atoms with Gasteiger partial charge in [-0.2, -0.15) is 13.2 Å². The summed E-state index contributed by atoms with van der Waals surface area (Å²) < 4.78 is 201. The molecule has 14 heteroatoms. The topological polar surface area (TPSA) is 0 Å². The van der Waals surface area contributed by atoms with Crippen LogP contribution in [-0.2, 0) is 6.18 Å². The summed E-state index contributed by atoms with van der Waals surface area (Å²) in [5, 5.41) is -4.39. The molecule has 212 valence electrons. The van der Waals surface area contributed by atoms with Crippen LogP contribution in [0.15, 0.2) is 36.4 Å². The highest BCUT2D eigenvalue weighted by Crippen LogP contribution is 2.49. The maximum atomic E-state index is 15.3. The Morgan fingerprint density at radius 2 is 0.683 bits per heavy atom. The summed E-state index contributed by atoms with van der Waals surface area (Å²) in [5.41, 5.74) is -9.29. The van der Waals surface area contributed by atoms with Crippen molar-refractivity contribution in [3.63, 3.8) is 0 Å². The summed E-state index contributed by atoms with van der Waals surface area (Å²) in [5.74, 6) is -27.3. The van der Waals surface area contributed by atoms with Crippen molar-refractivity contribution >= 4 is 21.5 Å². The lowest BCUT2D eigenvalue weighted by molar-refractivity contribution is -0.143. The van der Waals surface area contributed by atoms with Gasteiger partial charge in [-0.15, -0.1) is 0 Å². The first kappa shape index (κ1) is 28.2. The Labute approximate surface area is 218 Å². The Bertz CT molecular complexity index is 1880. The van der Waals surface area contributed by atoms with Gasteiger partial charge >= 0.3 is 6.18 Å². The van der Waals surface area contributed by atoms with Crippen LogP contribution in [0.25, 0.3) is 43.8 Å². The Morgan fingerprint density at radius 1 is 0.366 bits per heavy atom. The van der Waals surface area contributed by atoms with E-state index in [0.717, 1.165) is 24.3 Å². The largest absolute Gasteiger partial charge is 0.422 e. The van der Waals surface area contributed by atoms with Crippen molar-refractivity contribution in [2.75, 3.05) is 0 Å². The van der Waals surface area contributed by atoms with E-state index >= 15 is 17.6 Å². The molecule has 5 aromatic carbocycles. The lowest BCUT2D eigenvalue weighted by Gasteiger charge is -2.21. The molecule has 0 bridgehead atoms. The molecule has 41 heavy (non-hydrogen) atoms. The van der Waals surface area contributed by atoms with Gasteiger partial charge in [0.05, 0.1) is 11.1 Å². The van der Waals surface area contributed by atoms with E-state index < -0.39 is 120 Å². The second-order valence-electron chi connectivity index (χ2n) is 8.52. The van der Waals surface area contributed by atoms with Gasteiger partial charge < -0.3 is 0 Å². The molecule has 0 spiro atoms. The Kier molecular flexibility index (Phi) is 6.42. The van der Waals surface area contributed by atoms with Crippen molar-refractivity contribution < 1.29 is 61.5 Å². The molecule has 0 saturated carbocycles. The molecule has 0 N–H and O–H groups in total. The van der Waals surface area contributed by atoms with Crippen molar-refractivity contribution in [3.8, 4) is 22.3 Å². The van der Waals surface area contributed by atoms with Crippen LogP contribution in [0, 0.1) is 64.0 Å². The molecule has 5 aromatic rings. The van der Waals surface area contributed by atoms with Gasteiger partial charge in [-0.05, 0) is 22.9 Å². The first-order chi connectivity index (χ1) is 19.1. The minimum Gasteiger partial charge on any atom is -0.206 e. The summed E-state index contributed by atoms with van der Waals surface area (Å²) in [4.78, 5) is 0. The Balaban J connectivity index is 2.12. The zero-order valence-electron chi connectivity index (χ0n) is 19.3. The number of fused-ring (bicyclic) bond motifs is 2. The molecule has 0 saturated heterocycles. The van der Waals surface area contributed by atoms with Crippen molar-refractivity contribution in [2.45, 2.75) is 6.18 Å². The highest BCUT2D eigenvalue weighted by Gasteiger charge is 2.43. The molecule has 0 aliphatic rings. The van der Waals surface area contributed by atoms with Crippen LogP contribution in [0.5, 0.6) is 0 Å². The van der Waals surface area contributed by atoms with E-state index in [-0.39, 0.29) is 6.07 Å². The minimum absolute atomic E-state index is 0.283. The summed E-state index contributed by atoms with van der Waals surface area (Å²) in [6, 6.07) is 4.17. The van der Waals surface area contributed by atoms with Crippen molar-refractivity contribution in [1.29, 1.82) is 0 Å². The molecule has 0 fully saturated rings. The van der Waals surface area contributed by atoms with Crippen molar-refractivity contribution in [2.24, 2.45) is 0 Å². The first-order valence-corrected chi connectivity index (χ1v) is 10.9. The second-order valence-corrected chi connectivity index (χ2v) is 8.52. The number of rotatable bonds is 2. The molecule has 0 amide bonds. The van der Waals surface area contributed by atoms with E-state index in [4.69, 9.17) is 0 Å². The highest BCUT2D eigenvalue weighted by atomic mass is 19.4. The van der Waals surface area contributed by atoms with Gasteiger partial charge in [-0.25, -0.2) is 48.3 Å².